The number of ether oxygens (including phenoxy) is 2. The molecule has 29 heavy (non-hydrogen) atoms. The molecule has 0 aliphatic rings. The van der Waals surface area contributed by atoms with Crippen LogP contribution in [0.3, 0.4) is 0 Å². The molecule has 0 aromatic heterocycles. The number of carbonyl (C=O) groups is 1. The average Bonchev–Trinajstić information content (AvgIpc) is 2.67. The number of rotatable bonds is 10. The maximum Gasteiger partial charge on any atom is 0.324 e. The van der Waals surface area contributed by atoms with Crippen molar-refractivity contribution in [1.82, 2.24) is 4.72 Å². The van der Waals surface area contributed by atoms with Crippen LogP contribution >= 0.6 is 11.6 Å². The first-order valence-corrected chi connectivity index (χ1v) is 10.9. The summed E-state index contributed by atoms with van der Waals surface area (Å²) in [6.45, 7) is 3.76. The highest BCUT2D eigenvalue weighted by atomic mass is 35.5. The number of hydrogen-bond acceptors (Lipinski definition) is 5. The molecule has 158 valence electrons. The Labute approximate surface area is 175 Å². The van der Waals surface area contributed by atoms with E-state index in [2.05, 4.69) is 4.72 Å². The van der Waals surface area contributed by atoms with Gasteiger partial charge in [-0.3, -0.25) is 4.79 Å². The Morgan fingerprint density at radius 2 is 1.69 bits per heavy atom. The van der Waals surface area contributed by atoms with Gasteiger partial charge in [-0.25, -0.2) is 12.8 Å². The highest BCUT2D eigenvalue weighted by Gasteiger charge is 2.29. The van der Waals surface area contributed by atoms with E-state index in [4.69, 9.17) is 21.1 Å². The van der Waals surface area contributed by atoms with Crippen LogP contribution in [0.15, 0.2) is 53.4 Å². The monoisotopic (exact) mass is 443 g/mol. The quantitative estimate of drug-likeness (QED) is 0.446. The Morgan fingerprint density at radius 3 is 2.28 bits per heavy atom. The molecule has 2 aromatic rings. The lowest BCUT2D eigenvalue weighted by molar-refractivity contribution is -0.147. The van der Waals surface area contributed by atoms with E-state index in [0.29, 0.717) is 17.2 Å². The van der Waals surface area contributed by atoms with E-state index in [9.17, 15) is 17.6 Å². The molecular weight excluding hydrogens is 421 g/mol. The van der Waals surface area contributed by atoms with Gasteiger partial charge < -0.3 is 9.47 Å². The van der Waals surface area contributed by atoms with Crippen molar-refractivity contribution in [3.8, 4) is 5.75 Å². The summed E-state index contributed by atoms with van der Waals surface area (Å²) in [5.74, 6) is -0.833. The zero-order chi connectivity index (χ0) is 21.4. The fourth-order valence-electron chi connectivity index (χ4n) is 2.35. The van der Waals surface area contributed by atoms with Crippen LogP contribution < -0.4 is 9.46 Å². The summed E-state index contributed by atoms with van der Waals surface area (Å²) in [4.78, 5) is 12.4. The lowest BCUT2D eigenvalue weighted by atomic mass is 10.1. The summed E-state index contributed by atoms with van der Waals surface area (Å²) in [6, 6.07) is 10.2. The summed E-state index contributed by atoms with van der Waals surface area (Å²) in [7, 11) is -3.91. The lowest BCUT2D eigenvalue weighted by Gasteiger charge is -2.21. The van der Waals surface area contributed by atoms with E-state index in [-0.39, 0.29) is 29.8 Å². The van der Waals surface area contributed by atoms with Gasteiger partial charge >= 0.3 is 5.97 Å². The largest absolute Gasteiger partial charge is 0.493 e. The van der Waals surface area contributed by atoms with Crippen molar-refractivity contribution in [3.63, 3.8) is 0 Å². The number of esters is 1. The first-order valence-electron chi connectivity index (χ1n) is 9.02. The van der Waals surface area contributed by atoms with Crippen LogP contribution in [0, 0.1) is 11.7 Å². The molecule has 2 aromatic carbocycles. The van der Waals surface area contributed by atoms with E-state index in [0.717, 1.165) is 0 Å². The minimum absolute atomic E-state index is 0.00745. The zero-order valence-electron chi connectivity index (χ0n) is 16.1. The molecule has 1 N–H and O–H groups in total. The fraction of sp³-hybridized carbons (Fsp3) is 0.350. The summed E-state index contributed by atoms with van der Waals surface area (Å²) < 4.78 is 50.9. The van der Waals surface area contributed by atoms with Gasteiger partial charge in [0.15, 0.2) is 0 Å². The van der Waals surface area contributed by atoms with Crippen molar-refractivity contribution in [1.29, 1.82) is 0 Å². The Hall–Kier alpha value is -2.16. The second kappa shape index (κ2) is 10.6. The summed E-state index contributed by atoms with van der Waals surface area (Å²) in [6.07, 6.45) is 0.401. The normalized spacial score (nSPS) is 12.6. The molecule has 1 atom stereocenters. The predicted octanol–water partition coefficient (Wildman–Crippen LogP) is 3.79. The third-order valence-corrected chi connectivity index (χ3v) is 5.65. The van der Waals surface area contributed by atoms with Gasteiger partial charge in [-0.2, -0.15) is 4.72 Å². The first kappa shape index (κ1) is 23.1. The minimum Gasteiger partial charge on any atom is -0.493 e. The Kier molecular flexibility index (Phi) is 8.43. The van der Waals surface area contributed by atoms with E-state index < -0.39 is 22.0 Å². The maximum atomic E-state index is 12.8. The van der Waals surface area contributed by atoms with Crippen LogP contribution in [0.5, 0.6) is 5.75 Å². The summed E-state index contributed by atoms with van der Waals surface area (Å²) in [5.41, 5.74) is 0. The molecule has 0 saturated carbocycles. The van der Waals surface area contributed by atoms with Crippen molar-refractivity contribution in [3.05, 3.63) is 59.4 Å². The Morgan fingerprint density at radius 1 is 1.07 bits per heavy atom. The maximum absolute atomic E-state index is 12.8. The molecule has 0 amide bonds. The highest BCUT2D eigenvalue weighted by molar-refractivity contribution is 7.89. The summed E-state index contributed by atoms with van der Waals surface area (Å²) >= 11 is 5.78. The minimum atomic E-state index is -3.91. The second-order valence-corrected chi connectivity index (χ2v) is 8.77. The molecule has 0 bridgehead atoms. The van der Waals surface area contributed by atoms with E-state index in [1.165, 1.54) is 48.5 Å². The molecule has 0 unspecified atom stereocenters. The van der Waals surface area contributed by atoms with Crippen molar-refractivity contribution in [2.45, 2.75) is 31.2 Å². The lowest BCUT2D eigenvalue weighted by Crippen LogP contribution is -2.45. The molecule has 0 heterocycles. The molecule has 0 fully saturated rings. The number of hydrogen-bond donors (Lipinski definition) is 1. The Balaban J connectivity index is 1.85. The molecule has 0 aliphatic carbocycles. The zero-order valence-corrected chi connectivity index (χ0v) is 17.7. The van der Waals surface area contributed by atoms with Crippen molar-refractivity contribution in [2.75, 3.05) is 13.2 Å². The number of carbonyl (C=O) groups excluding carboxylic acids is 1. The highest BCUT2D eigenvalue weighted by Crippen LogP contribution is 2.16. The van der Waals surface area contributed by atoms with Crippen LogP contribution in [-0.4, -0.2) is 33.6 Å². The molecule has 0 radical (unpaired) electrons. The summed E-state index contributed by atoms with van der Waals surface area (Å²) in [5, 5.41) is 0.409. The molecule has 0 aliphatic heterocycles. The molecule has 2 rings (SSSR count). The van der Waals surface area contributed by atoms with Crippen molar-refractivity contribution < 1.29 is 27.1 Å². The van der Waals surface area contributed by atoms with E-state index >= 15 is 0 Å². The fourth-order valence-corrected chi connectivity index (χ4v) is 3.81. The van der Waals surface area contributed by atoms with Gasteiger partial charge in [0.25, 0.3) is 0 Å². The van der Waals surface area contributed by atoms with Crippen molar-refractivity contribution in [2.24, 2.45) is 5.92 Å². The van der Waals surface area contributed by atoms with Crippen molar-refractivity contribution >= 4 is 27.6 Å². The average molecular weight is 444 g/mol. The molecule has 0 spiro atoms. The number of sulfonamides is 1. The number of nitrogens with one attached hydrogen (secondary N) is 1. The van der Waals surface area contributed by atoms with Crippen LogP contribution in [0.2, 0.25) is 5.02 Å². The van der Waals surface area contributed by atoms with Gasteiger partial charge in [-0.1, -0.05) is 25.4 Å². The standard InChI is InChI=1S/C20H23ClFNO5S/c1-14(2)19(23-29(25,26)18-10-4-15(21)5-11-18)20(24)28-13-3-12-27-17-8-6-16(22)7-9-17/h4-11,14,19,23H,3,12-13H2,1-2H3/t19-/m0/s1. The Bertz CT molecular complexity index is 901. The van der Waals surface area contributed by atoms with E-state index in [1.54, 1.807) is 13.8 Å². The van der Waals surface area contributed by atoms with Gasteiger partial charge in [0.05, 0.1) is 18.1 Å². The van der Waals surface area contributed by atoms with Gasteiger partial charge in [-0.15, -0.1) is 0 Å². The second-order valence-electron chi connectivity index (χ2n) is 6.62. The number of halogens is 2. The van der Waals surface area contributed by atoms with Crippen LogP contribution in [0.1, 0.15) is 20.3 Å². The smallest absolute Gasteiger partial charge is 0.324 e. The molecule has 6 nitrogen and oxygen atoms in total. The number of benzene rings is 2. The predicted molar refractivity (Wildman–Crippen MR) is 108 cm³/mol. The van der Waals surface area contributed by atoms with Crippen LogP contribution in [-0.2, 0) is 19.6 Å². The van der Waals surface area contributed by atoms with Crippen LogP contribution in [0.4, 0.5) is 4.39 Å². The third-order valence-electron chi connectivity index (χ3n) is 3.94. The molecule has 9 heteroatoms. The molecule has 0 saturated heterocycles. The topological polar surface area (TPSA) is 81.7 Å². The van der Waals surface area contributed by atoms with Gasteiger partial charge in [0.1, 0.15) is 17.6 Å². The van der Waals surface area contributed by atoms with E-state index in [1.807, 2.05) is 0 Å². The molecular formula is C20H23ClFNO5S. The third kappa shape index (κ3) is 7.30. The van der Waals surface area contributed by atoms with Gasteiger partial charge in [-0.05, 0) is 54.4 Å². The van der Waals surface area contributed by atoms with Gasteiger partial charge in [0, 0.05) is 11.4 Å². The first-order chi connectivity index (χ1) is 13.7. The van der Waals surface area contributed by atoms with Crippen LogP contribution in [0.25, 0.3) is 0 Å². The SMILES string of the molecule is CC(C)[C@H](NS(=O)(=O)c1ccc(Cl)cc1)C(=O)OCCCOc1ccc(F)cc1. The van der Waals surface area contributed by atoms with Gasteiger partial charge in [0.2, 0.25) is 10.0 Å².